The predicted octanol–water partition coefficient (Wildman–Crippen LogP) is 4.18. The standard InChI is InChI=1S/C12H13Cl2N3S/c1-6(15)11-10(17-12(16-2)18-11)7-3-4-8(13)9(14)5-7/h3-6H,15H2,1-2H3,(H,16,17). The number of halogens is 2. The van der Waals surface area contributed by atoms with Crippen LogP contribution in [0.5, 0.6) is 0 Å². The summed E-state index contributed by atoms with van der Waals surface area (Å²) in [6, 6.07) is 5.40. The number of nitrogens with two attached hydrogens (primary N) is 1. The van der Waals surface area contributed by atoms with Crippen LogP contribution in [0, 0.1) is 0 Å². The van der Waals surface area contributed by atoms with Gasteiger partial charge in [0.1, 0.15) is 0 Å². The van der Waals surface area contributed by atoms with E-state index in [1.807, 2.05) is 26.1 Å². The van der Waals surface area contributed by atoms with Gasteiger partial charge in [-0.15, -0.1) is 0 Å². The molecule has 0 spiro atoms. The molecule has 18 heavy (non-hydrogen) atoms. The Morgan fingerprint density at radius 1 is 1.33 bits per heavy atom. The molecule has 3 nitrogen and oxygen atoms in total. The van der Waals surface area contributed by atoms with Crippen LogP contribution >= 0.6 is 34.5 Å². The smallest absolute Gasteiger partial charge is 0.183 e. The third kappa shape index (κ3) is 2.62. The summed E-state index contributed by atoms with van der Waals surface area (Å²) >= 11 is 13.5. The van der Waals surface area contributed by atoms with E-state index in [0.29, 0.717) is 10.0 Å². The number of benzene rings is 1. The fraction of sp³-hybridized carbons (Fsp3) is 0.250. The summed E-state index contributed by atoms with van der Waals surface area (Å²) in [6.07, 6.45) is 0. The zero-order valence-electron chi connectivity index (χ0n) is 10.00. The summed E-state index contributed by atoms with van der Waals surface area (Å²) in [5.74, 6) is 0. The van der Waals surface area contributed by atoms with Crippen molar-refractivity contribution in [3.63, 3.8) is 0 Å². The third-order valence-electron chi connectivity index (χ3n) is 2.47. The first-order valence-electron chi connectivity index (χ1n) is 5.42. The molecular weight excluding hydrogens is 289 g/mol. The van der Waals surface area contributed by atoms with Gasteiger partial charge in [0, 0.05) is 18.7 Å². The normalized spacial score (nSPS) is 12.5. The molecule has 2 rings (SSSR count). The molecule has 0 aliphatic carbocycles. The van der Waals surface area contributed by atoms with E-state index in [1.54, 1.807) is 17.4 Å². The van der Waals surface area contributed by atoms with Crippen LogP contribution < -0.4 is 11.1 Å². The van der Waals surface area contributed by atoms with Crippen LogP contribution in [0.4, 0.5) is 5.13 Å². The first-order valence-corrected chi connectivity index (χ1v) is 6.99. The zero-order chi connectivity index (χ0) is 13.3. The second-order valence-electron chi connectivity index (χ2n) is 3.90. The van der Waals surface area contributed by atoms with Gasteiger partial charge in [0.05, 0.1) is 20.6 Å². The molecule has 6 heteroatoms. The second-order valence-corrected chi connectivity index (χ2v) is 5.74. The van der Waals surface area contributed by atoms with Gasteiger partial charge in [0.25, 0.3) is 0 Å². The highest BCUT2D eigenvalue weighted by Crippen LogP contribution is 2.36. The molecule has 1 heterocycles. The minimum Gasteiger partial charge on any atom is -0.365 e. The summed E-state index contributed by atoms with van der Waals surface area (Å²) in [5, 5.41) is 4.92. The fourth-order valence-electron chi connectivity index (χ4n) is 1.60. The maximum atomic E-state index is 6.03. The van der Waals surface area contributed by atoms with Crippen molar-refractivity contribution >= 4 is 39.7 Å². The number of hydrogen-bond donors (Lipinski definition) is 2. The minimum atomic E-state index is -0.0750. The highest BCUT2D eigenvalue weighted by molar-refractivity contribution is 7.16. The molecule has 96 valence electrons. The number of aromatic nitrogens is 1. The SMILES string of the molecule is CNc1nc(-c2ccc(Cl)c(Cl)c2)c(C(C)N)s1. The van der Waals surface area contributed by atoms with Gasteiger partial charge in [-0.25, -0.2) is 4.98 Å². The largest absolute Gasteiger partial charge is 0.365 e. The molecule has 1 unspecified atom stereocenters. The Hall–Kier alpha value is -0.810. The number of nitrogens with zero attached hydrogens (tertiary/aromatic N) is 1. The molecule has 3 N–H and O–H groups in total. The van der Waals surface area contributed by atoms with Gasteiger partial charge in [-0.3, -0.25) is 0 Å². The van der Waals surface area contributed by atoms with Crippen molar-refractivity contribution in [1.82, 2.24) is 4.98 Å². The molecule has 0 fully saturated rings. The molecule has 0 bridgehead atoms. The van der Waals surface area contributed by atoms with Gasteiger partial charge in [-0.2, -0.15) is 0 Å². The summed E-state index contributed by atoms with van der Waals surface area (Å²) in [4.78, 5) is 5.54. The zero-order valence-corrected chi connectivity index (χ0v) is 12.3. The van der Waals surface area contributed by atoms with Crippen molar-refractivity contribution in [2.45, 2.75) is 13.0 Å². The van der Waals surface area contributed by atoms with Crippen molar-refractivity contribution in [3.05, 3.63) is 33.1 Å². The first-order chi connectivity index (χ1) is 8.52. The van der Waals surface area contributed by atoms with Crippen molar-refractivity contribution in [2.24, 2.45) is 5.73 Å². The van der Waals surface area contributed by atoms with Gasteiger partial charge >= 0.3 is 0 Å². The molecule has 0 amide bonds. The second kappa shape index (κ2) is 5.45. The first kappa shape index (κ1) is 13.6. The van der Waals surface area contributed by atoms with Crippen molar-refractivity contribution < 1.29 is 0 Å². The van der Waals surface area contributed by atoms with Gasteiger partial charge in [-0.1, -0.05) is 40.6 Å². The summed E-state index contributed by atoms with van der Waals surface area (Å²) < 4.78 is 0. The maximum Gasteiger partial charge on any atom is 0.183 e. The lowest BCUT2D eigenvalue weighted by atomic mass is 10.1. The van der Waals surface area contributed by atoms with Crippen LogP contribution in [0.25, 0.3) is 11.3 Å². The quantitative estimate of drug-likeness (QED) is 0.894. The lowest BCUT2D eigenvalue weighted by Gasteiger charge is -2.06. The molecule has 0 aliphatic rings. The molecule has 0 saturated carbocycles. The summed E-state index contributed by atoms with van der Waals surface area (Å²) in [5.41, 5.74) is 7.76. The lowest BCUT2D eigenvalue weighted by Crippen LogP contribution is -2.04. The Bertz CT molecular complexity index is 566. The third-order valence-corrected chi connectivity index (χ3v) is 4.49. The number of anilines is 1. The van der Waals surface area contributed by atoms with E-state index in [-0.39, 0.29) is 6.04 Å². The predicted molar refractivity (Wildman–Crippen MR) is 79.7 cm³/mol. The van der Waals surface area contributed by atoms with E-state index in [9.17, 15) is 0 Å². The van der Waals surface area contributed by atoms with E-state index in [2.05, 4.69) is 10.3 Å². The summed E-state index contributed by atoms with van der Waals surface area (Å²) in [7, 11) is 1.84. The van der Waals surface area contributed by atoms with Gasteiger partial charge in [0.15, 0.2) is 5.13 Å². The van der Waals surface area contributed by atoms with Crippen LogP contribution in [0.1, 0.15) is 17.8 Å². The van der Waals surface area contributed by atoms with E-state index >= 15 is 0 Å². The Balaban J connectivity index is 2.54. The minimum absolute atomic E-state index is 0.0750. The number of rotatable bonds is 3. The fourth-order valence-corrected chi connectivity index (χ4v) is 2.79. The molecule has 2 aromatic rings. The van der Waals surface area contributed by atoms with Crippen LogP contribution in [-0.4, -0.2) is 12.0 Å². The number of hydrogen-bond acceptors (Lipinski definition) is 4. The van der Waals surface area contributed by atoms with Gasteiger partial charge in [0.2, 0.25) is 0 Å². The van der Waals surface area contributed by atoms with Crippen molar-refractivity contribution in [1.29, 1.82) is 0 Å². The molecule has 1 aromatic carbocycles. The van der Waals surface area contributed by atoms with Gasteiger partial charge in [-0.05, 0) is 19.1 Å². The molecule has 0 radical (unpaired) electrons. The van der Waals surface area contributed by atoms with E-state index in [0.717, 1.165) is 21.3 Å². The Labute approximate surface area is 120 Å². The highest BCUT2D eigenvalue weighted by atomic mass is 35.5. The molecule has 0 saturated heterocycles. The topological polar surface area (TPSA) is 50.9 Å². The Kier molecular flexibility index (Phi) is 4.12. The molecule has 1 atom stereocenters. The van der Waals surface area contributed by atoms with Crippen LogP contribution in [0.2, 0.25) is 10.0 Å². The molecule has 1 aromatic heterocycles. The highest BCUT2D eigenvalue weighted by Gasteiger charge is 2.16. The van der Waals surface area contributed by atoms with E-state index < -0.39 is 0 Å². The van der Waals surface area contributed by atoms with Crippen molar-refractivity contribution in [2.75, 3.05) is 12.4 Å². The summed E-state index contributed by atoms with van der Waals surface area (Å²) in [6.45, 7) is 1.94. The lowest BCUT2D eigenvalue weighted by molar-refractivity contribution is 0.837. The number of thiazole rings is 1. The van der Waals surface area contributed by atoms with Crippen molar-refractivity contribution in [3.8, 4) is 11.3 Å². The van der Waals surface area contributed by atoms with Crippen LogP contribution in [0.3, 0.4) is 0 Å². The Morgan fingerprint density at radius 2 is 2.06 bits per heavy atom. The van der Waals surface area contributed by atoms with Crippen LogP contribution in [-0.2, 0) is 0 Å². The van der Waals surface area contributed by atoms with Crippen LogP contribution in [0.15, 0.2) is 18.2 Å². The molecule has 0 aliphatic heterocycles. The average Bonchev–Trinajstić information content (AvgIpc) is 2.77. The number of nitrogens with one attached hydrogen (secondary N) is 1. The maximum absolute atomic E-state index is 6.03. The Morgan fingerprint density at radius 3 is 2.61 bits per heavy atom. The monoisotopic (exact) mass is 301 g/mol. The van der Waals surface area contributed by atoms with E-state index in [4.69, 9.17) is 28.9 Å². The van der Waals surface area contributed by atoms with E-state index in [1.165, 1.54) is 0 Å². The molecular formula is C12H13Cl2N3S. The van der Waals surface area contributed by atoms with Gasteiger partial charge < -0.3 is 11.1 Å². The average molecular weight is 302 g/mol.